The van der Waals surface area contributed by atoms with Gasteiger partial charge in [0.2, 0.25) is 0 Å². The molecule has 1 aliphatic rings. The van der Waals surface area contributed by atoms with Crippen molar-refractivity contribution < 1.29 is 24.2 Å². The molecule has 0 spiro atoms. The molecule has 110 valence electrons. The lowest BCUT2D eigenvalue weighted by atomic mass is 9.77. The summed E-state index contributed by atoms with van der Waals surface area (Å²) < 4.78 is 9.75. The van der Waals surface area contributed by atoms with Crippen LogP contribution in [0.25, 0.3) is 0 Å². The smallest absolute Gasteiger partial charge is 0.342 e. The van der Waals surface area contributed by atoms with E-state index in [1.165, 1.54) is 6.92 Å². The average molecular weight is 272 g/mol. The Morgan fingerprint density at radius 1 is 1.32 bits per heavy atom. The SMILES string of the molecule is COCCCC1CCCCC1C(=O)OC(=O)C(C)O. The lowest BCUT2D eigenvalue weighted by Crippen LogP contribution is -2.33. The van der Waals surface area contributed by atoms with Gasteiger partial charge in [0.25, 0.3) is 0 Å². The highest BCUT2D eigenvalue weighted by molar-refractivity contribution is 5.88. The number of esters is 2. The summed E-state index contributed by atoms with van der Waals surface area (Å²) in [6.45, 7) is 1.98. The van der Waals surface area contributed by atoms with Crippen molar-refractivity contribution >= 4 is 11.9 Å². The van der Waals surface area contributed by atoms with Crippen LogP contribution in [0.3, 0.4) is 0 Å². The molecular formula is C14H24O5. The van der Waals surface area contributed by atoms with Crippen LogP contribution >= 0.6 is 0 Å². The topological polar surface area (TPSA) is 72.8 Å². The summed E-state index contributed by atoms with van der Waals surface area (Å²) in [5.41, 5.74) is 0. The molecule has 0 aromatic rings. The van der Waals surface area contributed by atoms with Gasteiger partial charge in [-0.2, -0.15) is 0 Å². The third kappa shape index (κ3) is 5.28. The minimum atomic E-state index is -1.25. The highest BCUT2D eigenvalue weighted by Gasteiger charge is 2.33. The molecule has 0 radical (unpaired) electrons. The molecule has 19 heavy (non-hydrogen) atoms. The van der Waals surface area contributed by atoms with Gasteiger partial charge in [0.05, 0.1) is 5.92 Å². The van der Waals surface area contributed by atoms with E-state index in [1.54, 1.807) is 7.11 Å². The number of aliphatic hydroxyl groups excluding tert-OH is 1. The zero-order chi connectivity index (χ0) is 14.3. The summed E-state index contributed by atoms with van der Waals surface area (Å²) in [5.74, 6) is -1.29. The maximum Gasteiger partial charge on any atom is 0.342 e. The van der Waals surface area contributed by atoms with Crippen LogP contribution in [0.15, 0.2) is 0 Å². The van der Waals surface area contributed by atoms with Crippen molar-refractivity contribution in [3.8, 4) is 0 Å². The predicted molar refractivity (Wildman–Crippen MR) is 69.3 cm³/mol. The second-order valence-electron chi connectivity index (χ2n) is 5.20. The quantitative estimate of drug-likeness (QED) is 0.452. The van der Waals surface area contributed by atoms with Crippen molar-refractivity contribution in [1.29, 1.82) is 0 Å². The highest BCUT2D eigenvalue weighted by atomic mass is 16.6. The van der Waals surface area contributed by atoms with E-state index < -0.39 is 18.0 Å². The fourth-order valence-electron chi connectivity index (χ4n) is 2.61. The number of hydrogen-bond donors (Lipinski definition) is 1. The lowest BCUT2D eigenvalue weighted by Gasteiger charge is -2.29. The molecular weight excluding hydrogens is 248 g/mol. The van der Waals surface area contributed by atoms with E-state index in [-0.39, 0.29) is 11.8 Å². The van der Waals surface area contributed by atoms with Gasteiger partial charge in [-0.05, 0) is 38.5 Å². The minimum Gasteiger partial charge on any atom is -0.391 e. The molecule has 5 heteroatoms. The number of ether oxygens (including phenoxy) is 2. The summed E-state index contributed by atoms with van der Waals surface area (Å²) in [4.78, 5) is 23.2. The van der Waals surface area contributed by atoms with E-state index in [0.29, 0.717) is 6.61 Å². The molecule has 0 aromatic carbocycles. The number of methoxy groups -OCH3 is 1. The van der Waals surface area contributed by atoms with Gasteiger partial charge in [-0.3, -0.25) is 4.79 Å². The molecule has 5 nitrogen and oxygen atoms in total. The van der Waals surface area contributed by atoms with Crippen LogP contribution in [0.5, 0.6) is 0 Å². The second kappa shape index (κ2) is 8.27. The number of aliphatic hydroxyl groups is 1. The van der Waals surface area contributed by atoms with Crippen LogP contribution in [0, 0.1) is 11.8 Å². The molecule has 0 bridgehead atoms. The molecule has 1 saturated carbocycles. The van der Waals surface area contributed by atoms with Gasteiger partial charge < -0.3 is 14.6 Å². The van der Waals surface area contributed by atoms with Gasteiger partial charge in [0.1, 0.15) is 6.10 Å². The van der Waals surface area contributed by atoms with Crippen molar-refractivity contribution in [3.63, 3.8) is 0 Å². The van der Waals surface area contributed by atoms with Crippen molar-refractivity contribution in [2.24, 2.45) is 11.8 Å². The minimum absolute atomic E-state index is 0.215. The van der Waals surface area contributed by atoms with E-state index in [2.05, 4.69) is 0 Å². The third-order valence-corrected chi connectivity index (χ3v) is 3.68. The monoisotopic (exact) mass is 272 g/mol. The second-order valence-corrected chi connectivity index (χ2v) is 5.20. The van der Waals surface area contributed by atoms with Crippen LogP contribution < -0.4 is 0 Å². The molecule has 1 rings (SSSR count). The largest absolute Gasteiger partial charge is 0.391 e. The molecule has 0 aliphatic heterocycles. The third-order valence-electron chi connectivity index (χ3n) is 3.68. The number of rotatable bonds is 6. The van der Waals surface area contributed by atoms with Crippen LogP contribution in [0.1, 0.15) is 45.4 Å². The van der Waals surface area contributed by atoms with Crippen molar-refractivity contribution in [2.45, 2.75) is 51.6 Å². The number of carbonyl (C=O) groups is 2. The maximum atomic E-state index is 12.0. The lowest BCUT2D eigenvalue weighted by molar-refractivity contribution is -0.169. The van der Waals surface area contributed by atoms with Gasteiger partial charge in [0, 0.05) is 13.7 Å². The Morgan fingerprint density at radius 3 is 2.63 bits per heavy atom. The molecule has 1 N–H and O–H groups in total. The summed E-state index contributed by atoms with van der Waals surface area (Å²) in [7, 11) is 1.66. The highest BCUT2D eigenvalue weighted by Crippen LogP contribution is 2.34. The summed E-state index contributed by atoms with van der Waals surface area (Å²) >= 11 is 0. The van der Waals surface area contributed by atoms with E-state index >= 15 is 0 Å². The van der Waals surface area contributed by atoms with Crippen LogP contribution in [0.2, 0.25) is 0 Å². The van der Waals surface area contributed by atoms with Gasteiger partial charge >= 0.3 is 11.9 Å². The Morgan fingerprint density at radius 2 is 2.00 bits per heavy atom. The Labute approximate surface area is 114 Å². The molecule has 0 saturated heterocycles. The zero-order valence-electron chi connectivity index (χ0n) is 11.8. The molecule has 0 amide bonds. The number of carbonyl (C=O) groups excluding carboxylic acids is 2. The Hall–Kier alpha value is -0.940. The van der Waals surface area contributed by atoms with Gasteiger partial charge in [-0.1, -0.05) is 12.8 Å². The van der Waals surface area contributed by atoms with Crippen LogP contribution in [-0.4, -0.2) is 36.9 Å². The van der Waals surface area contributed by atoms with E-state index in [9.17, 15) is 9.59 Å². The molecule has 0 heterocycles. The summed E-state index contributed by atoms with van der Waals surface area (Å²) in [6.07, 6.45) is 4.44. The fraction of sp³-hybridized carbons (Fsp3) is 0.857. The first-order valence-electron chi connectivity index (χ1n) is 6.98. The van der Waals surface area contributed by atoms with Gasteiger partial charge in [0.15, 0.2) is 0 Å². The summed E-state index contributed by atoms with van der Waals surface area (Å²) in [5, 5.41) is 9.06. The standard InChI is InChI=1S/C14H24O5/c1-10(15)13(16)19-14(17)12-8-4-3-6-11(12)7-5-9-18-2/h10-12,15H,3-9H2,1-2H3. The molecule has 0 aromatic heterocycles. The fourth-order valence-corrected chi connectivity index (χ4v) is 2.61. The average Bonchev–Trinajstić information content (AvgIpc) is 2.39. The Kier molecular flexibility index (Phi) is 7.02. The van der Waals surface area contributed by atoms with E-state index in [0.717, 1.165) is 38.5 Å². The van der Waals surface area contributed by atoms with Crippen molar-refractivity contribution in [1.82, 2.24) is 0 Å². The summed E-state index contributed by atoms with van der Waals surface area (Å²) in [6, 6.07) is 0. The Balaban J connectivity index is 2.50. The van der Waals surface area contributed by atoms with Gasteiger partial charge in [-0.15, -0.1) is 0 Å². The van der Waals surface area contributed by atoms with Crippen molar-refractivity contribution in [2.75, 3.05) is 13.7 Å². The van der Waals surface area contributed by atoms with Gasteiger partial charge in [-0.25, -0.2) is 4.79 Å². The van der Waals surface area contributed by atoms with Crippen molar-refractivity contribution in [3.05, 3.63) is 0 Å². The van der Waals surface area contributed by atoms with Crippen LogP contribution in [0.4, 0.5) is 0 Å². The molecule has 3 unspecified atom stereocenters. The first kappa shape index (κ1) is 16.1. The first-order valence-corrected chi connectivity index (χ1v) is 6.98. The van der Waals surface area contributed by atoms with E-state index in [1.807, 2.05) is 0 Å². The maximum absolute atomic E-state index is 12.0. The van der Waals surface area contributed by atoms with E-state index in [4.69, 9.17) is 14.6 Å². The first-order chi connectivity index (χ1) is 9.06. The zero-order valence-corrected chi connectivity index (χ0v) is 11.8. The Bertz CT molecular complexity index is 300. The molecule has 1 aliphatic carbocycles. The molecule has 1 fully saturated rings. The predicted octanol–water partition coefficient (Wildman–Crippen LogP) is 1.67. The molecule has 3 atom stereocenters. The normalized spacial score (nSPS) is 24.8. The number of hydrogen-bond acceptors (Lipinski definition) is 5. The van der Waals surface area contributed by atoms with Crippen LogP contribution in [-0.2, 0) is 19.1 Å².